The molecular formula is C9H16O5. The van der Waals surface area contributed by atoms with Gasteiger partial charge in [0.25, 0.3) is 0 Å². The highest BCUT2D eigenvalue weighted by Gasteiger charge is 2.30. The minimum Gasteiger partial charge on any atom is -0.469 e. The number of rotatable bonds is 5. The van der Waals surface area contributed by atoms with Crippen LogP contribution in [0.15, 0.2) is 0 Å². The molecule has 14 heavy (non-hydrogen) atoms. The van der Waals surface area contributed by atoms with Crippen LogP contribution in [0, 0.1) is 11.8 Å². The largest absolute Gasteiger partial charge is 0.469 e. The van der Waals surface area contributed by atoms with Crippen molar-refractivity contribution in [2.24, 2.45) is 11.8 Å². The van der Waals surface area contributed by atoms with Crippen LogP contribution in [0.25, 0.3) is 0 Å². The van der Waals surface area contributed by atoms with Gasteiger partial charge in [-0.15, -0.1) is 0 Å². The van der Waals surface area contributed by atoms with Crippen molar-refractivity contribution in [2.75, 3.05) is 7.11 Å². The summed E-state index contributed by atoms with van der Waals surface area (Å²) in [6.45, 7) is 3.14. The molecule has 0 aromatic heterocycles. The van der Waals surface area contributed by atoms with Gasteiger partial charge < -0.3 is 19.7 Å². The van der Waals surface area contributed by atoms with Gasteiger partial charge in [0.2, 0.25) is 0 Å². The first-order chi connectivity index (χ1) is 6.45. The van der Waals surface area contributed by atoms with E-state index in [1.54, 1.807) is 13.8 Å². The number of methoxy groups -OCH3 is 1. The van der Waals surface area contributed by atoms with Crippen molar-refractivity contribution in [1.29, 1.82) is 0 Å². The molecule has 0 aromatic carbocycles. The molecule has 0 aliphatic heterocycles. The number of carbonyl (C=O) groups excluding carboxylic acids is 2. The second kappa shape index (κ2) is 5.72. The lowest BCUT2D eigenvalue weighted by Gasteiger charge is -2.24. The number of aldehydes is 1. The Kier molecular flexibility index (Phi) is 5.34. The van der Waals surface area contributed by atoms with Gasteiger partial charge in [0, 0.05) is 0 Å². The van der Waals surface area contributed by atoms with Crippen molar-refractivity contribution >= 4 is 12.3 Å². The summed E-state index contributed by atoms with van der Waals surface area (Å²) >= 11 is 0. The van der Waals surface area contributed by atoms with E-state index in [9.17, 15) is 14.7 Å². The molecule has 0 aliphatic rings. The molecule has 0 aromatic rings. The van der Waals surface area contributed by atoms with Crippen LogP contribution < -0.4 is 0 Å². The third-order valence-electron chi connectivity index (χ3n) is 2.39. The number of esters is 1. The van der Waals surface area contributed by atoms with E-state index < -0.39 is 30.0 Å². The molecule has 0 unspecified atom stereocenters. The Hall–Kier alpha value is -0.940. The van der Waals surface area contributed by atoms with Gasteiger partial charge in [-0.25, -0.2) is 0 Å². The molecule has 0 saturated carbocycles. The molecule has 5 heteroatoms. The second-order valence-electron chi connectivity index (χ2n) is 3.29. The zero-order chi connectivity index (χ0) is 11.3. The first kappa shape index (κ1) is 13.1. The minimum absolute atomic E-state index is 0.241. The fourth-order valence-electron chi connectivity index (χ4n) is 1.09. The van der Waals surface area contributed by atoms with Crippen molar-refractivity contribution in [2.45, 2.75) is 26.1 Å². The zero-order valence-corrected chi connectivity index (χ0v) is 8.51. The minimum atomic E-state index is -1.46. The molecule has 5 nitrogen and oxygen atoms in total. The Morgan fingerprint density at radius 1 is 1.36 bits per heavy atom. The van der Waals surface area contributed by atoms with Crippen LogP contribution in [0.2, 0.25) is 0 Å². The fourth-order valence-corrected chi connectivity index (χ4v) is 1.09. The first-order valence-electron chi connectivity index (χ1n) is 4.35. The van der Waals surface area contributed by atoms with Crippen LogP contribution in [0.3, 0.4) is 0 Å². The summed E-state index contributed by atoms with van der Waals surface area (Å²) in [5.74, 6) is -1.58. The molecule has 0 spiro atoms. The van der Waals surface area contributed by atoms with E-state index in [0.29, 0.717) is 0 Å². The van der Waals surface area contributed by atoms with E-state index in [2.05, 4.69) is 4.74 Å². The molecule has 0 bridgehead atoms. The van der Waals surface area contributed by atoms with Gasteiger partial charge in [-0.3, -0.25) is 4.79 Å². The van der Waals surface area contributed by atoms with E-state index in [0.717, 1.165) is 0 Å². The Labute approximate surface area is 82.7 Å². The lowest BCUT2D eigenvalue weighted by molar-refractivity contribution is -0.150. The quantitative estimate of drug-likeness (QED) is 0.459. The third kappa shape index (κ3) is 3.08. The third-order valence-corrected chi connectivity index (χ3v) is 2.39. The monoisotopic (exact) mass is 204 g/mol. The Bertz CT molecular complexity index is 203. The number of aliphatic hydroxyl groups is 2. The van der Waals surface area contributed by atoms with E-state index >= 15 is 0 Å². The number of aliphatic hydroxyl groups excluding tert-OH is 2. The summed E-state index contributed by atoms with van der Waals surface area (Å²) in [7, 11) is 1.24. The Morgan fingerprint density at radius 3 is 2.21 bits per heavy atom. The molecule has 0 aliphatic carbocycles. The standard InChI is InChI=1S/C9H16O5/c1-5(6(2)9(13)14-3)8(12)7(11)4-10/h4-8,11-12H,1-3H3/t5-,6+,7-,8+/m1/s1. The fraction of sp³-hybridized carbons (Fsp3) is 0.778. The van der Waals surface area contributed by atoms with Crippen molar-refractivity contribution < 1.29 is 24.5 Å². The highest BCUT2D eigenvalue weighted by atomic mass is 16.5. The molecule has 0 rings (SSSR count). The lowest BCUT2D eigenvalue weighted by atomic mass is 9.88. The van der Waals surface area contributed by atoms with Crippen LogP contribution in [-0.4, -0.2) is 41.8 Å². The molecule has 82 valence electrons. The molecule has 0 heterocycles. The highest BCUT2D eigenvalue weighted by Crippen LogP contribution is 2.18. The van der Waals surface area contributed by atoms with Crippen molar-refractivity contribution in [3.8, 4) is 0 Å². The maximum Gasteiger partial charge on any atom is 0.308 e. The molecular weight excluding hydrogens is 188 g/mol. The second-order valence-corrected chi connectivity index (χ2v) is 3.29. The first-order valence-corrected chi connectivity index (χ1v) is 4.35. The molecule has 4 atom stereocenters. The maximum atomic E-state index is 11.1. The van der Waals surface area contributed by atoms with E-state index in [4.69, 9.17) is 5.11 Å². The summed E-state index contributed by atoms with van der Waals surface area (Å²) in [5, 5.41) is 18.4. The van der Waals surface area contributed by atoms with Crippen LogP contribution in [0.1, 0.15) is 13.8 Å². The molecule has 0 saturated heterocycles. The maximum absolute atomic E-state index is 11.1. The number of hydrogen-bond acceptors (Lipinski definition) is 5. The van der Waals surface area contributed by atoms with Gasteiger partial charge in [-0.05, 0) is 5.92 Å². The smallest absolute Gasteiger partial charge is 0.308 e. The average Bonchev–Trinajstić information content (AvgIpc) is 2.23. The van der Waals surface area contributed by atoms with Gasteiger partial charge >= 0.3 is 5.97 Å². The van der Waals surface area contributed by atoms with E-state index in [1.165, 1.54) is 7.11 Å². The topological polar surface area (TPSA) is 83.8 Å². The lowest BCUT2D eigenvalue weighted by Crippen LogP contribution is -2.38. The van der Waals surface area contributed by atoms with Gasteiger partial charge in [0.05, 0.1) is 19.1 Å². The summed E-state index contributed by atoms with van der Waals surface area (Å²) in [5.41, 5.74) is 0. The SMILES string of the molecule is COC(=O)[C@@H](C)[C@@H](C)[C@H](O)[C@H](O)C=O. The average molecular weight is 204 g/mol. The number of carbonyl (C=O) groups is 2. The van der Waals surface area contributed by atoms with Crippen molar-refractivity contribution in [3.05, 3.63) is 0 Å². The van der Waals surface area contributed by atoms with E-state index in [-0.39, 0.29) is 6.29 Å². The molecule has 0 fully saturated rings. The van der Waals surface area contributed by atoms with Crippen LogP contribution in [0.4, 0.5) is 0 Å². The Balaban J connectivity index is 4.37. The van der Waals surface area contributed by atoms with Crippen molar-refractivity contribution in [3.63, 3.8) is 0 Å². The van der Waals surface area contributed by atoms with E-state index in [1.807, 2.05) is 0 Å². The number of hydrogen-bond donors (Lipinski definition) is 2. The summed E-state index contributed by atoms with van der Waals surface area (Å²) in [6, 6.07) is 0. The van der Waals surface area contributed by atoms with Crippen LogP contribution in [-0.2, 0) is 14.3 Å². The highest BCUT2D eigenvalue weighted by molar-refractivity contribution is 5.72. The van der Waals surface area contributed by atoms with Gasteiger partial charge in [-0.2, -0.15) is 0 Å². The summed E-state index contributed by atoms with van der Waals surface area (Å²) in [4.78, 5) is 21.3. The van der Waals surface area contributed by atoms with Crippen LogP contribution in [0.5, 0.6) is 0 Å². The summed E-state index contributed by atoms with van der Waals surface area (Å²) in [6.07, 6.45) is -2.47. The predicted molar refractivity (Wildman–Crippen MR) is 48.4 cm³/mol. The van der Waals surface area contributed by atoms with Gasteiger partial charge in [0.15, 0.2) is 6.29 Å². The van der Waals surface area contributed by atoms with Gasteiger partial charge in [0.1, 0.15) is 6.10 Å². The Morgan fingerprint density at radius 2 is 1.86 bits per heavy atom. The predicted octanol–water partition coefficient (Wildman–Crippen LogP) is -0.648. The molecule has 0 radical (unpaired) electrons. The normalized spacial score (nSPS) is 19.2. The summed E-state index contributed by atoms with van der Waals surface area (Å²) < 4.78 is 4.48. The zero-order valence-electron chi connectivity index (χ0n) is 8.51. The van der Waals surface area contributed by atoms with Crippen molar-refractivity contribution in [1.82, 2.24) is 0 Å². The molecule has 2 N–H and O–H groups in total. The van der Waals surface area contributed by atoms with Gasteiger partial charge in [-0.1, -0.05) is 13.8 Å². The molecule has 0 amide bonds. The number of ether oxygens (including phenoxy) is 1. The van der Waals surface area contributed by atoms with Crippen LogP contribution >= 0.6 is 0 Å².